The third-order valence-electron chi connectivity index (χ3n) is 4.12. The van der Waals surface area contributed by atoms with Gasteiger partial charge in [-0.2, -0.15) is 5.10 Å². The molecule has 0 amide bonds. The van der Waals surface area contributed by atoms with E-state index in [2.05, 4.69) is 5.10 Å². The van der Waals surface area contributed by atoms with Crippen molar-refractivity contribution in [3.05, 3.63) is 36.2 Å². The van der Waals surface area contributed by atoms with Gasteiger partial charge >= 0.3 is 0 Å². The largest absolute Gasteiger partial charge is 0.330 e. The van der Waals surface area contributed by atoms with Crippen LogP contribution < -0.4 is 5.73 Å². The third-order valence-corrected chi connectivity index (χ3v) is 4.12. The molecule has 0 spiro atoms. The van der Waals surface area contributed by atoms with Gasteiger partial charge in [0.05, 0.1) is 0 Å². The summed E-state index contributed by atoms with van der Waals surface area (Å²) in [7, 11) is 1.99. The summed E-state index contributed by atoms with van der Waals surface area (Å²) in [4.78, 5) is 4.76. The van der Waals surface area contributed by atoms with Crippen LogP contribution >= 0.6 is 0 Å². The van der Waals surface area contributed by atoms with Gasteiger partial charge in [0.1, 0.15) is 5.82 Å². The quantitative estimate of drug-likeness (QED) is 0.917. The molecule has 4 nitrogen and oxygen atoms in total. The minimum absolute atomic E-state index is 0.472. The summed E-state index contributed by atoms with van der Waals surface area (Å²) >= 11 is 0. The van der Waals surface area contributed by atoms with E-state index in [0.717, 1.165) is 23.8 Å². The van der Waals surface area contributed by atoms with Gasteiger partial charge in [0, 0.05) is 18.5 Å². The molecule has 1 aliphatic rings. The Balaban J connectivity index is 1.94. The lowest BCUT2D eigenvalue weighted by molar-refractivity contribution is 0.460. The van der Waals surface area contributed by atoms with Gasteiger partial charge in [0.25, 0.3) is 0 Å². The van der Waals surface area contributed by atoms with E-state index in [1.165, 1.54) is 19.3 Å². The van der Waals surface area contributed by atoms with E-state index in [0.29, 0.717) is 11.8 Å². The second kappa shape index (κ2) is 5.13. The molecule has 1 aliphatic carbocycles. The number of nitrogens with two attached hydrogens (primary N) is 1. The zero-order valence-electron chi connectivity index (χ0n) is 11.3. The van der Waals surface area contributed by atoms with Crippen LogP contribution in [0.4, 0.5) is 0 Å². The Morgan fingerprint density at radius 1 is 1.26 bits per heavy atom. The first-order chi connectivity index (χ1) is 9.29. The van der Waals surface area contributed by atoms with Gasteiger partial charge in [0.2, 0.25) is 0 Å². The van der Waals surface area contributed by atoms with Crippen molar-refractivity contribution >= 4 is 0 Å². The number of nitrogens with zero attached hydrogens (tertiary/aromatic N) is 3. The average molecular weight is 256 g/mol. The molecular formula is C15H20N4. The van der Waals surface area contributed by atoms with Gasteiger partial charge in [0.15, 0.2) is 5.82 Å². The summed E-state index contributed by atoms with van der Waals surface area (Å²) in [5, 5.41) is 4.56. The molecule has 2 unspecified atom stereocenters. The van der Waals surface area contributed by atoms with Gasteiger partial charge in [-0.1, -0.05) is 36.8 Å². The number of benzene rings is 1. The number of hydrogen-bond donors (Lipinski definition) is 1. The van der Waals surface area contributed by atoms with Gasteiger partial charge in [-0.15, -0.1) is 0 Å². The van der Waals surface area contributed by atoms with E-state index >= 15 is 0 Å². The van der Waals surface area contributed by atoms with Crippen LogP contribution in [0.2, 0.25) is 0 Å². The van der Waals surface area contributed by atoms with E-state index < -0.39 is 0 Å². The number of rotatable bonds is 3. The van der Waals surface area contributed by atoms with Crippen molar-refractivity contribution < 1.29 is 0 Å². The van der Waals surface area contributed by atoms with Crippen LogP contribution in [0.5, 0.6) is 0 Å². The minimum Gasteiger partial charge on any atom is -0.330 e. The molecule has 0 radical (unpaired) electrons. The summed E-state index contributed by atoms with van der Waals surface area (Å²) in [6, 6.07) is 10.1. The van der Waals surface area contributed by atoms with E-state index in [1.54, 1.807) is 0 Å². The molecule has 2 atom stereocenters. The van der Waals surface area contributed by atoms with Crippen molar-refractivity contribution in [2.75, 3.05) is 6.54 Å². The predicted octanol–water partition coefficient (Wildman–Crippen LogP) is 2.32. The van der Waals surface area contributed by atoms with Crippen molar-refractivity contribution in [2.24, 2.45) is 18.7 Å². The molecule has 1 fully saturated rings. The Kier molecular flexibility index (Phi) is 3.34. The van der Waals surface area contributed by atoms with E-state index in [1.807, 2.05) is 42.1 Å². The Bertz CT molecular complexity index is 547. The Hall–Kier alpha value is -1.68. The highest BCUT2D eigenvalue weighted by Gasteiger charge is 2.31. The fraction of sp³-hybridized carbons (Fsp3) is 0.467. The van der Waals surface area contributed by atoms with Crippen molar-refractivity contribution in [2.45, 2.75) is 25.2 Å². The smallest absolute Gasteiger partial charge is 0.181 e. The highest BCUT2D eigenvalue weighted by molar-refractivity contribution is 5.54. The SMILES string of the molecule is Cn1nc(-c2ccccc2)nc1C1CCCC1CN. The molecular weight excluding hydrogens is 236 g/mol. The Morgan fingerprint density at radius 3 is 2.79 bits per heavy atom. The zero-order valence-corrected chi connectivity index (χ0v) is 11.3. The number of aromatic nitrogens is 3. The van der Waals surface area contributed by atoms with Gasteiger partial charge in [-0.25, -0.2) is 4.98 Å². The summed E-state index contributed by atoms with van der Waals surface area (Å²) < 4.78 is 1.93. The standard InChI is InChI=1S/C15H20N4/c1-19-15(13-9-5-8-12(13)10-16)17-14(18-19)11-6-3-2-4-7-11/h2-4,6-7,12-13H,5,8-10,16H2,1H3. The maximum absolute atomic E-state index is 5.87. The minimum atomic E-state index is 0.472. The first-order valence-electron chi connectivity index (χ1n) is 6.96. The molecule has 1 aromatic heterocycles. The first kappa shape index (κ1) is 12.4. The van der Waals surface area contributed by atoms with Crippen LogP contribution in [0.1, 0.15) is 31.0 Å². The van der Waals surface area contributed by atoms with Crippen LogP contribution in [-0.4, -0.2) is 21.3 Å². The van der Waals surface area contributed by atoms with Crippen LogP contribution in [0, 0.1) is 5.92 Å². The zero-order chi connectivity index (χ0) is 13.2. The fourth-order valence-corrected chi connectivity index (χ4v) is 3.09. The highest BCUT2D eigenvalue weighted by Crippen LogP contribution is 2.38. The Morgan fingerprint density at radius 2 is 2.05 bits per heavy atom. The molecule has 1 saturated carbocycles. The molecule has 19 heavy (non-hydrogen) atoms. The summed E-state index contributed by atoms with van der Waals surface area (Å²) in [6.07, 6.45) is 3.65. The van der Waals surface area contributed by atoms with Crippen molar-refractivity contribution in [1.29, 1.82) is 0 Å². The lowest BCUT2D eigenvalue weighted by atomic mass is 9.95. The van der Waals surface area contributed by atoms with Crippen LogP contribution in [0.15, 0.2) is 30.3 Å². The lowest BCUT2D eigenvalue weighted by Gasteiger charge is -2.16. The van der Waals surface area contributed by atoms with E-state index in [-0.39, 0.29) is 0 Å². The lowest BCUT2D eigenvalue weighted by Crippen LogP contribution is -2.19. The van der Waals surface area contributed by atoms with E-state index in [4.69, 9.17) is 10.7 Å². The average Bonchev–Trinajstić information content (AvgIpc) is 3.05. The fourth-order valence-electron chi connectivity index (χ4n) is 3.09. The summed E-state index contributed by atoms with van der Waals surface area (Å²) in [5.41, 5.74) is 6.95. The molecule has 0 bridgehead atoms. The van der Waals surface area contributed by atoms with Crippen LogP contribution in [-0.2, 0) is 7.05 Å². The van der Waals surface area contributed by atoms with Crippen LogP contribution in [0.3, 0.4) is 0 Å². The monoisotopic (exact) mass is 256 g/mol. The molecule has 2 N–H and O–H groups in total. The van der Waals surface area contributed by atoms with Crippen molar-refractivity contribution in [1.82, 2.24) is 14.8 Å². The molecule has 0 saturated heterocycles. The number of aryl methyl sites for hydroxylation is 1. The number of hydrogen-bond acceptors (Lipinski definition) is 3. The second-order valence-corrected chi connectivity index (χ2v) is 5.32. The normalized spacial score (nSPS) is 22.8. The maximum atomic E-state index is 5.87. The first-order valence-corrected chi connectivity index (χ1v) is 6.96. The van der Waals surface area contributed by atoms with Gasteiger partial charge < -0.3 is 5.73 Å². The summed E-state index contributed by atoms with van der Waals surface area (Å²) in [5.74, 6) is 2.94. The molecule has 100 valence electrons. The van der Waals surface area contributed by atoms with Gasteiger partial charge in [-0.05, 0) is 25.3 Å². The molecule has 3 rings (SSSR count). The molecule has 0 aliphatic heterocycles. The molecule has 1 heterocycles. The Labute approximate surface area is 113 Å². The topological polar surface area (TPSA) is 56.7 Å². The third kappa shape index (κ3) is 2.28. The van der Waals surface area contributed by atoms with Crippen LogP contribution in [0.25, 0.3) is 11.4 Å². The van der Waals surface area contributed by atoms with Gasteiger partial charge in [-0.3, -0.25) is 4.68 Å². The van der Waals surface area contributed by atoms with E-state index in [9.17, 15) is 0 Å². The summed E-state index contributed by atoms with van der Waals surface area (Å²) in [6.45, 7) is 0.748. The predicted molar refractivity (Wildman–Crippen MR) is 75.6 cm³/mol. The van der Waals surface area contributed by atoms with Crippen molar-refractivity contribution in [3.63, 3.8) is 0 Å². The highest BCUT2D eigenvalue weighted by atomic mass is 15.3. The second-order valence-electron chi connectivity index (χ2n) is 5.32. The van der Waals surface area contributed by atoms with Crippen molar-refractivity contribution in [3.8, 4) is 11.4 Å². The molecule has 1 aromatic carbocycles. The molecule has 4 heteroatoms. The molecule has 2 aromatic rings. The maximum Gasteiger partial charge on any atom is 0.181 e.